The van der Waals surface area contributed by atoms with Crippen molar-refractivity contribution in [2.75, 3.05) is 50.5 Å². The number of carbonyl (C=O) groups is 1. The number of nitrogens with zero attached hydrogens (tertiary/aromatic N) is 3. The summed E-state index contributed by atoms with van der Waals surface area (Å²) in [7, 11) is 4.10. The Kier molecular flexibility index (Phi) is 6.42. The summed E-state index contributed by atoms with van der Waals surface area (Å²) in [5.41, 5.74) is 4.61. The molecule has 1 saturated heterocycles. The van der Waals surface area contributed by atoms with Gasteiger partial charge in [-0.15, -0.1) is 11.3 Å². The minimum Gasteiger partial charge on any atom is -0.367 e. The van der Waals surface area contributed by atoms with Gasteiger partial charge in [-0.1, -0.05) is 36.4 Å². The summed E-state index contributed by atoms with van der Waals surface area (Å²) in [5.74, 6) is -0.176. The summed E-state index contributed by atoms with van der Waals surface area (Å²) in [6, 6.07) is 16.2. The summed E-state index contributed by atoms with van der Waals surface area (Å²) < 4.78 is 0. The number of hydrogen-bond donors (Lipinski definition) is 2. The van der Waals surface area contributed by atoms with Gasteiger partial charge in [0.25, 0.3) is 5.91 Å². The van der Waals surface area contributed by atoms with Crippen LogP contribution >= 0.6 is 11.3 Å². The number of aromatic nitrogens is 1. The van der Waals surface area contributed by atoms with Crippen molar-refractivity contribution < 1.29 is 4.79 Å². The normalized spacial score (nSPS) is 14.2. The molecule has 3 aromatic rings. The first-order valence-electron chi connectivity index (χ1n) is 10.2. The van der Waals surface area contributed by atoms with E-state index in [1.54, 1.807) is 0 Å². The fraction of sp³-hybridized carbons (Fsp3) is 0.304. The topological polar surface area (TPSA) is 60.5 Å². The van der Waals surface area contributed by atoms with E-state index >= 15 is 0 Å². The fourth-order valence-corrected chi connectivity index (χ4v) is 4.52. The molecule has 1 fully saturated rings. The molecule has 1 aliphatic heterocycles. The van der Waals surface area contributed by atoms with Gasteiger partial charge in [-0.25, -0.2) is 4.98 Å². The Bertz CT molecular complexity index is 1010. The number of benzene rings is 2. The van der Waals surface area contributed by atoms with Crippen molar-refractivity contribution in [3.63, 3.8) is 0 Å². The highest BCUT2D eigenvalue weighted by Gasteiger charge is 2.18. The summed E-state index contributed by atoms with van der Waals surface area (Å²) in [6.07, 6.45) is 0. The van der Waals surface area contributed by atoms with Crippen LogP contribution < -0.4 is 15.5 Å². The van der Waals surface area contributed by atoms with Crippen molar-refractivity contribution in [3.8, 4) is 10.6 Å². The molecular weight excluding hydrogens is 394 g/mol. The third-order valence-electron chi connectivity index (χ3n) is 5.08. The maximum absolute atomic E-state index is 13.0. The predicted octanol–water partition coefficient (Wildman–Crippen LogP) is 3.53. The van der Waals surface area contributed by atoms with Crippen LogP contribution in [0.15, 0.2) is 53.9 Å². The largest absolute Gasteiger partial charge is 0.367 e. The van der Waals surface area contributed by atoms with Gasteiger partial charge in [-0.2, -0.15) is 0 Å². The summed E-state index contributed by atoms with van der Waals surface area (Å²) >= 11 is 1.51. The minimum absolute atomic E-state index is 0.176. The van der Waals surface area contributed by atoms with Crippen LogP contribution in [0.5, 0.6) is 0 Å². The fourth-order valence-electron chi connectivity index (χ4n) is 3.66. The van der Waals surface area contributed by atoms with Crippen molar-refractivity contribution in [3.05, 3.63) is 65.2 Å². The maximum atomic E-state index is 13.0. The molecule has 1 aromatic heterocycles. The molecule has 1 amide bonds. The Hall–Kier alpha value is -2.74. The van der Waals surface area contributed by atoms with E-state index in [1.165, 1.54) is 16.9 Å². The number of hydrogen-bond acceptors (Lipinski definition) is 6. The van der Waals surface area contributed by atoms with E-state index in [0.29, 0.717) is 5.69 Å². The van der Waals surface area contributed by atoms with Crippen LogP contribution in [0.1, 0.15) is 16.1 Å². The summed E-state index contributed by atoms with van der Waals surface area (Å²) in [5, 5.41) is 9.14. The first-order valence-corrected chi connectivity index (χ1v) is 11.0. The zero-order valence-electron chi connectivity index (χ0n) is 17.4. The molecule has 0 radical (unpaired) electrons. The Balaban J connectivity index is 1.54. The van der Waals surface area contributed by atoms with Gasteiger partial charge in [0.1, 0.15) is 10.7 Å². The third kappa shape index (κ3) is 4.70. The molecule has 1 aliphatic rings. The van der Waals surface area contributed by atoms with Gasteiger partial charge < -0.3 is 20.4 Å². The highest BCUT2D eigenvalue weighted by atomic mass is 32.1. The molecule has 0 bridgehead atoms. The Morgan fingerprint density at radius 3 is 2.67 bits per heavy atom. The van der Waals surface area contributed by atoms with Crippen LogP contribution in [-0.4, -0.2) is 56.1 Å². The molecule has 7 heteroatoms. The number of para-hydroxylation sites is 2. The first-order chi connectivity index (χ1) is 14.6. The van der Waals surface area contributed by atoms with Crippen LogP contribution in [0, 0.1) is 0 Å². The van der Waals surface area contributed by atoms with E-state index in [0.717, 1.165) is 54.7 Å². The van der Waals surface area contributed by atoms with E-state index in [1.807, 2.05) is 49.8 Å². The molecule has 30 heavy (non-hydrogen) atoms. The van der Waals surface area contributed by atoms with Gasteiger partial charge in [-0.05, 0) is 31.8 Å². The van der Waals surface area contributed by atoms with Crippen molar-refractivity contribution in [1.82, 2.24) is 15.2 Å². The second kappa shape index (κ2) is 9.38. The smallest absolute Gasteiger partial charge is 0.275 e. The van der Waals surface area contributed by atoms with Crippen LogP contribution in [0.3, 0.4) is 0 Å². The van der Waals surface area contributed by atoms with Gasteiger partial charge in [0.05, 0.1) is 11.4 Å². The number of carbonyl (C=O) groups excluding carboxylic acids is 1. The number of rotatable bonds is 6. The lowest BCUT2D eigenvalue weighted by Gasteiger charge is -2.31. The lowest BCUT2D eigenvalue weighted by molar-refractivity contribution is 0.102. The molecule has 0 atom stereocenters. The maximum Gasteiger partial charge on any atom is 0.275 e. The Morgan fingerprint density at radius 2 is 1.87 bits per heavy atom. The van der Waals surface area contributed by atoms with Gasteiger partial charge in [-0.3, -0.25) is 4.79 Å². The molecular formula is C23H27N5OS. The first kappa shape index (κ1) is 20.5. The quantitative estimate of drug-likeness (QED) is 0.638. The highest BCUT2D eigenvalue weighted by Crippen LogP contribution is 2.29. The molecule has 2 N–H and O–H groups in total. The van der Waals surface area contributed by atoms with Gasteiger partial charge in [0.2, 0.25) is 0 Å². The lowest BCUT2D eigenvalue weighted by atomic mass is 10.1. The average molecular weight is 422 g/mol. The van der Waals surface area contributed by atoms with E-state index in [4.69, 9.17) is 0 Å². The van der Waals surface area contributed by atoms with E-state index < -0.39 is 0 Å². The minimum atomic E-state index is -0.176. The second-order valence-electron chi connectivity index (χ2n) is 7.64. The standard InChI is InChI=1S/C23H27N5OS/c1-27(2)15-17-7-3-4-8-18(17)23-26-20(16-30-23)22(29)25-19-9-5-6-10-21(19)28-13-11-24-12-14-28/h3-10,16,24H,11-15H2,1-2H3,(H,25,29). The van der Waals surface area contributed by atoms with E-state index in [-0.39, 0.29) is 5.91 Å². The number of amides is 1. The molecule has 156 valence electrons. The zero-order valence-corrected chi connectivity index (χ0v) is 18.2. The molecule has 0 unspecified atom stereocenters. The Labute approximate surface area is 181 Å². The molecule has 0 spiro atoms. The van der Waals surface area contributed by atoms with E-state index in [9.17, 15) is 4.79 Å². The molecule has 6 nitrogen and oxygen atoms in total. The SMILES string of the molecule is CN(C)Cc1ccccc1-c1nc(C(=O)Nc2ccccc2N2CCNCC2)cs1. The van der Waals surface area contributed by atoms with Crippen LogP contribution in [0.25, 0.3) is 10.6 Å². The number of piperazine rings is 1. The molecule has 0 saturated carbocycles. The molecule has 4 rings (SSSR count). The lowest BCUT2D eigenvalue weighted by Crippen LogP contribution is -2.43. The summed E-state index contributed by atoms with van der Waals surface area (Å²) in [4.78, 5) is 22.0. The highest BCUT2D eigenvalue weighted by molar-refractivity contribution is 7.13. The average Bonchev–Trinajstić information content (AvgIpc) is 3.25. The molecule has 2 aromatic carbocycles. The third-order valence-corrected chi connectivity index (χ3v) is 5.96. The molecule has 2 heterocycles. The zero-order chi connectivity index (χ0) is 20.9. The summed E-state index contributed by atoms with van der Waals surface area (Å²) in [6.45, 7) is 4.58. The second-order valence-corrected chi connectivity index (χ2v) is 8.50. The van der Waals surface area contributed by atoms with Crippen LogP contribution in [0.2, 0.25) is 0 Å². The monoisotopic (exact) mass is 421 g/mol. The van der Waals surface area contributed by atoms with Crippen molar-refractivity contribution in [2.24, 2.45) is 0 Å². The Morgan fingerprint density at radius 1 is 1.13 bits per heavy atom. The number of nitrogens with one attached hydrogen (secondary N) is 2. The van der Waals surface area contributed by atoms with Crippen LogP contribution in [0.4, 0.5) is 11.4 Å². The van der Waals surface area contributed by atoms with Crippen molar-refractivity contribution in [1.29, 1.82) is 0 Å². The van der Waals surface area contributed by atoms with Gasteiger partial charge in [0.15, 0.2) is 0 Å². The van der Waals surface area contributed by atoms with Gasteiger partial charge >= 0.3 is 0 Å². The number of anilines is 2. The predicted molar refractivity (Wildman–Crippen MR) is 124 cm³/mol. The van der Waals surface area contributed by atoms with Crippen LogP contribution in [-0.2, 0) is 6.54 Å². The van der Waals surface area contributed by atoms with Crippen molar-refractivity contribution >= 4 is 28.6 Å². The molecule has 0 aliphatic carbocycles. The van der Waals surface area contributed by atoms with Gasteiger partial charge in [0, 0.05) is 43.7 Å². The van der Waals surface area contributed by atoms with Crippen molar-refractivity contribution in [2.45, 2.75) is 6.54 Å². The number of thiazole rings is 1. The van der Waals surface area contributed by atoms with E-state index in [2.05, 4.69) is 43.6 Å².